The van der Waals surface area contributed by atoms with Crippen LogP contribution in [0.4, 0.5) is 0 Å². The number of rotatable bonds is 2. The van der Waals surface area contributed by atoms with Gasteiger partial charge in [0.25, 0.3) is 0 Å². The second kappa shape index (κ2) is 3.31. The summed E-state index contributed by atoms with van der Waals surface area (Å²) in [5, 5.41) is 4.63. The molecule has 0 bridgehead atoms. The van der Waals surface area contributed by atoms with E-state index in [-0.39, 0.29) is 0 Å². The Morgan fingerprint density at radius 3 is 2.87 bits per heavy atom. The monoisotopic (exact) mass is 220 g/mol. The minimum Gasteiger partial charge on any atom is -0.258 e. The molecular formula is C10H9ClN4. The lowest BCUT2D eigenvalue weighted by Gasteiger charge is -1.98. The van der Waals surface area contributed by atoms with Crippen molar-refractivity contribution in [2.24, 2.45) is 0 Å². The lowest BCUT2D eigenvalue weighted by Crippen LogP contribution is -1.98. The van der Waals surface area contributed by atoms with Crippen molar-refractivity contribution in [1.82, 2.24) is 19.7 Å². The van der Waals surface area contributed by atoms with Crippen LogP contribution >= 0.6 is 11.6 Å². The Balaban J connectivity index is 1.97. The molecule has 0 unspecified atom stereocenters. The topological polar surface area (TPSA) is 43.6 Å². The van der Waals surface area contributed by atoms with E-state index in [9.17, 15) is 0 Å². The first kappa shape index (κ1) is 8.85. The van der Waals surface area contributed by atoms with Crippen LogP contribution in [0.25, 0.3) is 5.82 Å². The van der Waals surface area contributed by atoms with Gasteiger partial charge in [0.1, 0.15) is 5.15 Å². The molecule has 4 nitrogen and oxygen atoms in total. The standard InChI is InChI=1S/C10H9ClN4/c11-9-4-12-5-10(14-9)15-6-8(3-13-15)7-1-2-7/h3-7H,1-2H2. The van der Waals surface area contributed by atoms with Crippen molar-refractivity contribution in [2.75, 3.05) is 0 Å². The fourth-order valence-electron chi connectivity index (χ4n) is 1.53. The highest BCUT2D eigenvalue weighted by atomic mass is 35.5. The van der Waals surface area contributed by atoms with Crippen LogP contribution in [-0.2, 0) is 0 Å². The Morgan fingerprint density at radius 2 is 2.13 bits per heavy atom. The van der Waals surface area contributed by atoms with Gasteiger partial charge in [-0.2, -0.15) is 5.10 Å². The minimum atomic E-state index is 0.385. The number of nitrogens with zero attached hydrogens (tertiary/aromatic N) is 4. The van der Waals surface area contributed by atoms with Gasteiger partial charge in [0.05, 0.1) is 18.6 Å². The number of hydrogen-bond acceptors (Lipinski definition) is 3. The summed E-state index contributed by atoms with van der Waals surface area (Å²) in [5.41, 5.74) is 1.27. The zero-order valence-electron chi connectivity index (χ0n) is 7.97. The summed E-state index contributed by atoms with van der Waals surface area (Å²) in [6, 6.07) is 0. The summed E-state index contributed by atoms with van der Waals surface area (Å²) in [6.07, 6.45) is 9.59. The molecule has 3 rings (SSSR count). The first-order valence-electron chi connectivity index (χ1n) is 4.85. The van der Waals surface area contributed by atoms with E-state index in [1.807, 2.05) is 12.4 Å². The van der Waals surface area contributed by atoms with E-state index in [2.05, 4.69) is 15.1 Å². The van der Waals surface area contributed by atoms with Gasteiger partial charge in [-0.3, -0.25) is 4.98 Å². The third kappa shape index (κ3) is 1.72. The van der Waals surface area contributed by atoms with Crippen LogP contribution in [0.3, 0.4) is 0 Å². The van der Waals surface area contributed by atoms with Crippen molar-refractivity contribution in [3.63, 3.8) is 0 Å². The highest BCUT2D eigenvalue weighted by Gasteiger charge is 2.24. The van der Waals surface area contributed by atoms with Crippen molar-refractivity contribution in [3.8, 4) is 5.82 Å². The molecule has 2 aromatic rings. The molecule has 0 spiro atoms. The maximum atomic E-state index is 5.76. The summed E-state index contributed by atoms with van der Waals surface area (Å²) in [7, 11) is 0. The Hall–Kier alpha value is -1.42. The molecule has 0 saturated heterocycles. The lowest BCUT2D eigenvalue weighted by molar-refractivity contribution is 0.837. The van der Waals surface area contributed by atoms with Crippen LogP contribution in [0.1, 0.15) is 24.3 Å². The fraction of sp³-hybridized carbons (Fsp3) is 0.300. The molecule has 0 N–H and O–H groups in total. The Bertz CT molecular complexity index is 490. The second-order valence-corrected chi connectivity index (χ2v) is 4.08. The van der Waals surface area contributed by atoms with Crippen LogP contribution in [0.5, 0.6) is 0 Å². The minimum absolute atomic E-state index is 0.385. The van der Waals surface area contributed by atoms with Crippen molar-refractivity contribution in [1.29, 1.82) is 0 Å². The van der Waals surface area contributed by atoms with E-state index < -0.39 is 0 Å². The summed E-state index contributed by atoms with van der Waals surface area (Å²) in [5.74, 6) is 1.36. The highest BCUT2D eigenvalue weighted by Crippen LogP contribution is 2.39. The van der Waals surface area contributed by atoms with E-state index in [0.29, 0.717) is 16.9 Å². The average molecular weight is 221 g/mol. The van der Waals surface area contributed by atoms with Gasteiger partial charge < -0.3 is 0 Å². The molecule has 0 atom stereocenters. The van der Waals surface area contributed by atoms with Gasteiger partial charge in [-0.05, 0) is 24.3 Å². The molecule has 2 aromatic heterocycles. The van der Waals surface area contributed by atoms with Crippen molar-refractivity contribution < 1.29 is 0 Å². The van der Waals surface area contributed by atoms with Crippen molar-refractivity contribution >= 4 is 11.6 Å². The fourth-order valence-corrected chi connectivity index (χ4v) is 1.68. The lowest BCUT2D eigenvalue weighted by atomic mass is 10.2. The average Bonchev–Trinajstić information content (AvgIpc) is 2.97. The molecule has 76 valence electrons. The molecule has 1 fully saturated rings. The maximum Gasteiger partial charge on any atom is 0.173 e. The van der Waals surface area contributed by atoms with Crippen molar-refractivity contribution in [2.45, 2.75) is 18.8 Å². The highest BCUT2D eigenvalue weighted by molar-refractivity contribution is 6.29. The van der Waals surface area contributed by atoms with Crippen LogP contribution in [0, 0.1) is 0 Å². The molecule has 2 heterocycles. The first-order chi connectivity index (χ1) is 7.33. The summed E-state index contributed by atoms with van der Waals surface area (Å²) >= 11 is 5.76. The van der Waals surface area contributed by atoms with E-state index in [1.165, 1.54) is 24.6 Å². The Labute approximate surface area is 91.9 Å². The summed E-state index contributed by atoms with van der Waals surface area (Å²) < 4.78 is 1.71. The third-order valence-corrected chi connectivity index (χ3v) is 2.66. The zero-order chi connectivity index (χ0) is 10.3. The van der Waals surface area contributed by atoms with Crippen LogP contribution in [0.2, 0.25) is 5.15 Å². The van der Waals surface area contributed by atoms with Crippen LogP contribution in [0.15, 0.2) is 24.8 Å². The third-order valence-electron chi connectivity index (χ3n) is 2.48. The largest absolute Gasteiger partial charge is 0.258 e. The van der Waals surface area contributed by atoms with E-state index >= 15 is 0 Å². The van der Waals surface area contributed by atoms with Gasteiger partial charge in [-0.25, -0.2) is 9.67 Å². The molecule has 15 heavy (non-hydrogen) atoms. The quantitative estimate of drug-likeness (QED) is 0.779. The molecule has 0 amide bonds. The predicted octanol–water partition coefficient (Wildman–Crippen LogP) is 2.19. The molecule has 0 aliphatic heterocycles. The van der Waals surface area contributed by atoms with Gasteiger partial charge >= 0.3 is 0 Å². The normalized spacial score (nSPS) is 15.5. The molecule has 1 saturated carbocycles. The smallest absolute Gasteiger partial charge is 0.173 e. The number of halogens is 1. The second-order valence-electron chi connectivity index (χ2n) is 3.69. The van der Waals surface area contributed by atoms with Gasteiger partial charge in [-0.1, -0.05) is 11.6 Å². The maximum absolute atomic E-state index is 5.76. The molecule has 0 aromatic carbocycles. The van der Waals surface area contributed by atoms with Gasteiger partial charge in [0, 0.05) is 6.20 Å². The zero-order valence-corrected chi connectivity index (χ0v) is 8.72. The predicted molar refractivity (Wildman–Crippen MR) is 56.1 cm³/mol. The molecule has 1 aliphatic carbocycles. The number of aromatic nitrogens is 4. The Morgan fingerprint density at radius 1 is 1.27 bits per heavy atom. The first-order valence-corrected chi connectivity index (χ1v) is 5.23. The van der Waals surface area contributed by atoms with Gasteiger partial charge in [0.15, 0.2) is 5.82 Å². The van der Waals surface area contributed by atoms with E-state index in [1.54, 1.807) is 10.9 Å². The molecular weight excluding hydrogens is 212 g/mol. The summed E-state index contributed by atoms with van der Waals surface area (Å²) in [4.78, 5) is 8.11. The van der Waals surface area contributed by atoms with Crippen LogP contribution in [-0.4, -0.2) is 19.7 Å². The molecule has 0 radical (unpaired) electrons. The number of hydrogen-bond donors (Lipinski definition) is 0. The van der Waals surface area contributed by atoms with Gasteiger partial charge in [0.2, 0.25) is 0 Å². The SMILES string of the molecule is Clc1cncc(-n2cc(C3CC3)cn2)n1. The van der Waals surface area contributed by atoms with E-state index in [0.717, 1.165) is 0 Å². The molecule has 1 aliphatic rings. The summed E-state index contributed by atoms with van der Waals surface area (Å²) in [6.45, 7) is 0. The Kier molecular flexibility index (Phi) is 1.95. The molecule has 5 heteroatoms. The van der Waals surface area contributed by atoms with E-state index in [4.69, 9.17) is 11.6 Å². The van der Waals surface area contributed by atoms with Crippen molar-refractivity contribution in [3.05, 3.63) is 35.5 Å². The van der Waals surface area contributed by atoms with Crippen LogP contribution < -0.4 is 0 Å². The van der Waals surface area contributed by atoms with Gasteiger partial charge in [-0.15, -0.1) is 0 Å².